The molecule has 0 aromatic heterocycles. The Morgan fingerprint density at radius 1 is 1.18 bits per heavy atom. The van der Waals surface area contributed by atoms with E-state index in [2.05, 4.69) is 4.90 Å². The van der Waals surface area contributed by atoms with Crippen LogP contribution in [-0.2, 0) is 23.0 Å². The van der Waals surface area contributed by atoms with Crippen molar-refractivity contribution in [3.8, 4) is 17.2 Å². The predicted octanol–water partition coefficient (Wildman–Crippen LogP) is 1.34. The first-order valence-corrected chi connectivity index (χ1v) is 11.3. The zero-order chi connectivity index (χ0) is 19.9. The van der Waals surface area contributed by atoms with Crippen LogP contribution in [0.25, 0.3) is 0 Å². The molecule has 0 saturated carbocycles. The van der Waals surface area contributed by atoms with E-state index in [9.17, 15) is 13.5 Å². The highest BCUT2D eigenvalue weighted by molar-refractivity contribution is 7.89. The average molecular weight is 413 g/mol. The third kappa shape index (κ3) is 3.14. The van der Waals surface area contributed by atoms with Gasteiger partial charge in [0.1, 0.15) is 4.90 Å². The molecular weight excluding hydrogens is 384 g/mol. The van der Waals surface area contributed by atoms with Gasteiger partial charge in [0, 0.05) is 37.8 Å². The van der Waals surface area contributed by atoms with E-state index in [-0.39, 0.29) is 30.1 Å². The summed E-state index contributed by atoms with van der Waals surface area (Å²) >= 11 is 0. The fraction of sp³-hybridized carbons (Fsp3) is 0.684. The van der Waals surface area contributed by atoms with E-state index in [0.717, 1.165) is 36.9 Å². The van der Waals surface area contributed by atoms with E-state index in [4.69, 9.17) is 14.2 Å². The number of aliphatic hydroxyl groups excluding tert-OH is 1. The summed E-state index contributed by atoms with van der Waals surface area (Å²) in [7, 11) is -0.225. The summed E-state index contributed by atoms with van der Waals surface area (Å²) < 4.78 is 46.1. The number of aliphatic hydroxyl groups is 1. The third-order valence-electron chi connectivity index (χ3n) is 5.92. The van der Waals surface area contributed by atoms with Gasteiger partial charge in [-0.2, -0.15) is 4.31 Å². The molecule has 0 unspecified atom stereocenters. The second kappa shape index (κ2) is 7.70. The minimum atomic E-state index is -3.80. The molecule has 3 aliphatic heterocycles. The number of hydrogen-bond acceptors (Lipinski definition) is 7. The van der Waals surface area contributed by atoms with Crippen LogP contribution in [-0.4, -0.2) is 69.4 Å². The van der Waals surface area contributed by atoms with Gasteiger partial charge in [-0.05, 0) is 38.3 Å². The van der Waals surface area contributed by atoms with Gasteiger partial charge < -0.3 is 24.2 Å². The van der Waals surface area contributed by atoms with Gasteiger partial charge in [0.15, 0.2) is 11.5 Å². The molecule has 8 nitrogen and oxygen atoms in total. The van der Waals surface area contributed by atoms with Crippen LogP contribution in [0.3, 0.4) is 0 Å². The van der Waals surface area contributed by atoms with Crippen LogP contribution in [0.2, 0.25) is 0 Å². The molecule has 1 fully saturated rings. The second-order valence-electron chi connectivity index (χ2n) is 7.65. The summed E-state index contributed by atoms with van der Waals surface area (Å²) in [6.07, 6.45) is 3.61. The number of nitrogens with zero attached hydrogens (tertiary/aromatic N) is 2. The summed E-state index contributed by atoms with van der Waals surface area (Å²) in [6.45, 7) is 1.77. The highest BCUT2D eigenvalue weighted by Gasteiger charge is 2.42. The third-order valence-corrected chi connectivity index (χ3v) is 7.96. The quantitative estimate of drug-likeness (QED) is 0.781. The highest BCUT2D eigenvalue weighted by atomic mass is 32.2. The Balaban J connectivity index is 1.89. The van der Waals surface area contributed by atoms with Crippen molar-refractivity contribution in [3.63, 3.8) is 0 Å². The maximum absolute atomic E-state index is 13.8. The standard InChI is InChI=1S/C19H28N2O6S/c1-20-9-6-14-15(11-20)16(25-2)17-18(27-12-26-17)19(14)28(23,24)21-8-4-3-5-13(21)7-10-22/h13,22H,3-12H2,1-2H3/t13-/m1/s1. The molecule has 1 N–H and O–H groups in total. The molecule has 0 aliphatic carbocycles. The Labute approximate surface area is 166 Å². The first kappa shape index (κ1) is 19.8. The van der Waals surface area contributed by atoms with Crippen LogP contribution < -0.4 is 14.2 Å². The number of likely N-dealkylation sites (N-methyl/N-ethyl adjacent to an activating group) is 1. The topological polar surface area (TPSA) is 88.5 Å². The lowest BCUT2D eigenvalue weighted by molar-refractivity contribution is 0.168. The largest absolute Gasteiger partial charge is 0.492 e. The smallest absolute Gasteiger partial charge is 0.247 e. The molecule has 0 radical (unpaired) electrons. The van der Waals surface area contributed by atoms with E-state index < -0.39 is 10.0 Å². The molecule has 4 rings (SSSR count). The number of benzene rings is 1. The molecule has 1 atom stereocenters. The molecule has 156 valence electrons. The maximum Gasteiger partial charge on any atom is 0.247 e. The molecule has 1 aromatic carbocycles. The molecule has 3 heterocycles. The Morgan fingerprint density at radius 2 is 1.96 bits per heavy atom. The van der Waals surface area contributed by atoms with Crippen LogP contribution in [0.15, 0.2) is 4.90 Å². The van der Waals surface area contributed by atoms with E-state index in [0.29, 0.717) is 37.4 Å². The molecule has 0 amide bonds. The van der Waals surface area contributed by atoms with Gasteiger partial charge in [-0.25, -0.2) is 8.42 Å². The highest BCUT2D eigenvalue weighted by Crippen LogP contribution is 2.52. The minimum absolute atomic E-state index is 0.0208. The SMILES string of the molecule is COc1c2c(c(S(=O)(=O)N3CCCC[C@@H]3CCO)c3c1OCO3)CCN(C)C2. The summed E-state index contributed by atoms with van der Waals surface area (Å²) in [5.74, 6) is 1.22. The van der Waals surface area contributed by atoms with E-state index in [1.807, 2.05) is 7.05 Å². The van der Waals surface area contributed by atoms with Crippen molar-refractivity contribution in [1.29, 1.82) is 0 Å². The van der Waals surface area contributed by atoms with Crippen molar-refractivity contribution in [1.82, 2.24) is 9.21 Å². The van der Waals surface area contributed by atoms with Gasteiger partial charge in [-0.1, -0.05) is 6.42 Å². The molecular formula is C19H28N2O6S. The monoisotopic (exact) mass is 412 g/mol. The first-order chi connectivity index (χ1) is 13.5. The van der Waals surface area contributed by atoms with Gasteiger partial charge in [0.2, 0.25) is 22.6 Å². The second-order valence-corrected chi connectivity index (χ2v) is 9.48. The molecule has 0 spiro atoms. The van der Waals surface area contributed by atoms with Gasteiger partial charge in [-0.3, -0.25) is 0 Å². The van der Waals surface area contributed by atoms with Crippen LogP contribution in [0.1, 0.15) is 36.8 Å². The lowest BCUT2D eigenvalue weighted by atomic mass is 9.97. The average Bonchev–Trinajstić information content (AvgIpc) is 3.15. The van der Waals surface area contributed by atoms with Gasteiger partial charge in [0.05, 0.1) is 7.11 Å². The van der Waals surface area contributed by atoms with E-state index in [1.54, 1.807) is 11.4 Å². The van der Waals surface area contributed by atoms with Crippen molar-refractivity contribution in [3.05, 3.63) is 11.1 Å². The van der Waals surface area contributed by atoms with Crippen LogP contribution in [0.4, 0.5) is 0 Å². The van der Waals surface area contributed by atoms with E-state index >= 15 is 0 Å². The normalized spacial score (nSPS) is 22.9. The van der Waals surface area contributed by atoms with Crippen molar-refractivity contribution in [2.45, 2.75) is 49.6 Å². The van der Waals surface area contributed by atoms with Crippen molar-refractivity contribution < 1.29 is 27.7 Å². The predicted molar refractivity (Wildman–Crippen MR) is 102 cm³/mol. The van der Waals surface area contributed by atoms with Gasteiger partial charge in [0.25, 0.3) is 0 Å². The lowest BCUT2D eigenvalue weighted by Gasteiger charge is -2.36. The molecule has 1 aromatic rings. The van der Waals surface area contributed by atoms with Crippen LogP contribution in [0.5, 0.6) is 17.2 Å². The first-order valence-electron chi connectivity index (χ1n) is 9.81. The Morgan fingerprint density at radius 3 is 2.71 bits per heavy atom. The number of rotatable bonds is 5. The zero-order valence-electron chi connectivity index (χ0n) is 16.4. The molecule has 1 saturated heterocycles. The summed E-state index contributed by atoms with van der Waals surface area (Å²) in [5.41, 5.74) is 1.63. The van der Waals surface area contributed by atoms with Crippen LogP contribution in [0, 0.1) is 0 Å². The molecule has 3 aliphatic rings. The van der Waals surface area contributed by atoms with Gasteiger partial charge in [-0.15, -0.1) is 0 Å². The summed E-state index contributed by atoms with van der Waals surface area (Å²) in [6, 6.07) is -0.189. The van der Waals surface area contributed by atoms with Crippen LogP contribution >= 0.6 is 0 Å². The number of piperidine rings is 1. The number of ether oxygens (including phenoxy) is 3. The Hall–Kier alpha value is -1.55. The summed E-state index contributed by atoms with van der Waals surface area (Å²) in [4.78, 5) is 2.37. The minimum Gasteiger partial charge on any atom is -0.492 e. The number of hydrogen-bond donors (Lipinski definition) is 1. The van der Waals surface area contributed by atoms with Crippen molar-refractivity contribution >= 4 is 10.0 Å². The van der Waals surface area contributed by atoms with Gasteiger partial charge >= 0.3 is 0 Å². The number of sulfonamides is 1. The maximum atomic E-state index is 13.8. The fourth-order valence-corrected chi connectivity index (χ4v) is 6.71. The number of fused-ring (bicyclic) bond motifs is 2. The Kier molecular flexibility index (Phi) is 5.43. The zero-order valence-corrected chi connectivity index (χ0v) is 17.3. The number of methoxy groups -OCH3 is 1. The fourth-order valence-electron chi connectivity index (χ4n) is 4.58. The molecule has 28 heavy (non-hydrogen) atoms. The summed E-state index contributed by atoms with van der Waals surface area (Å²) in [5, 5.41) is 9.43. The van der Waals surface area contributed by atoms with Crippen molar-refractivity contribution in [2.24, 2.45) is 0 Å². The molecule has 9 heteroatoms. The Bertz CT molecular complexity index is 855. The molecule has 0 bridgehead atoms. The van der Waals surface area contributed by atoms with Crippen molar-refractivity contribution in [2.75, 3.05) is 40.6 Å². The van der Waals surface area contributed by atoms with E-state index in [1.165, 1.54) is 0 Å². The lowest BCUT2D eigenvalue weighted by Crippen LogP contribution is -2.44.